The molecule has 2 aromatic heterocycles. The Hall–Kier alpha value is -1.51. The van der Waals surface area contributed by atoms with E-state index in [2.05, 4.69) is 11.9 Å². The van der Waals surface area contributed by atoms with E-state index < -0.39 is 0 Å². The Labute approximate surface area is 76.7 Å². The Morgan fingerprint density at radius 3 is 3.00 bits per heavy atom. The first-order valence-corrected chi connectivity index (χ1v) is 4.39. The van der Waals surface area contributed by atoms with E-state index in [-0.39, 0.29) is 5.75 Å². The van der Waals surface area contributed by atoms with Crippen molar-refractivity contribution in [3.05, 3.63) is 29.7 Å². The number of hydrogen-bond acceptors (Lipinski definition) is 2. The third-order valence-electron chi connectivity index (χ3n) is 2.26. The van der Waals surface area contributed by atoms with Gasteiger partial charge in [-0.3, -0.25) is 0 Å². The van der Waals surface area contributed by atoms with Crippen LogP contribution in [0.3, 0.4) is 0 Å². The Morgan fingerprint density at radius 1 is 1.54 bits per heavy atom. The van der Waals surface area contributed by atoms with Crippen LogP contribution in [0.1, 0.15) is 18.3 Å². The van der Waals surface area contributed by atoms with E-state index in [1.54, 1.807) is 6.07 Å². The largest absolute Gasteiger partial charge is 0.504 e. The average Bonchev–Trinajstić information content (AvgIpc) is 2.43. The molecule has 68 valence electrons. The van der Waals surface area contributed by atoms with Gasteiger partial charge in [0.25, 0.3) is 0 Å². The summed E-state index contributed by atoms with van der Waals surface area (Å²) in [5.74, 6) is 0.241. The molecule has 0 spiro atoms. The van der Waals surface area contributed by atoms with Gasteiger partial charge in [-0.05, 0) is 25.5 Å². The zero-order chi connectivity index (χ0) is 9.42. The summed E-state index contributed by atoms with van der Waals surface area (Å²) >= 11 is 0. The van der Waals surface area contributed by atoms with Gasteiger partial charge in [0.05, 0.1) is 5.69 Å². The second-order valence-corrected chi connectivity index (χ2v) is 3.08. The third kappa shape index (κ3) is 1.08. The molecule has 0 aromatic carbocycles. The van der Waals surface area contributed by atoms with Gasteiger partial charge in [-0.25, -0.2) is 4.98 Å². The van der Waals surface area contributed by atoms with Crippen LogP contribution in [0.15, 0.2) is 18.3 Å². The lowest BCUT2D eigenvalue weighted by Gasteiger charge is -1.99. The number of fused-ring (bicyclic) bond motifs is 1. The minimum atomic E-state index is 0.241. The highest BCUT2D eigenvalue weighted by Crippen LogP contribution is 2.20. The van der Waals surface area contributed by atoms with Crippen LogP contribution in [0.25, 0.3) is 5.65 Å². The van der Waals surface area contributed by atoms with E-state index in [1.165, 1.54) is 0 Å². The van der Waals surface area contributed by atoms with Crippen molar-refractivity contribution in [1.82, 2.24) is 9.38 Å². The molecule has 0 aliphatic rings. The number of nitrogens with zero attached hydrogens (tertiary/aromatic N) is 2. The Bertz CT molecular complexity index is 445. The fraction of sp³-hybridized carbons (Fsp3) is 0.300. The second kappa shape index (κ2) is 2.76. The SMILES string of the molecule is CCc1c(C)nc2c(O)cccn12. The van der Waals surface area contributed by atoms with Crippen LogP contribution in [-0.2, 0) is 6.42 Å². The molecule has 0 radical (unpaired) electrons. The van der Waals surface area contributed by atoms with Crippen molar-refractivity contribution in [3.8, 4) is 5.75 Å². The van der Waals surface area contributed by atoms with Gasteiger partial charge in [-0.1, -0.05) is 6.92 Å². The zero-order valence-electron chi connectivity index (χ0n) is 7.78. The molecule has 0 aliphatic heterocycles. The normalized spacial score (nSPS) is 10.9. The molecule has 0 unspecified atom stereocenters. The summed E-state index contributed by atoms with van der Waals surface area (Å²) in [6.45, 7) is 4.05. The first kappa shape index (κ1) is 8.10. The molecule has 2 aromatic rings. The maximum Gasteiger partial charge on any atom is 0.179 e. The minimum Gasteiger partial charge on any atom is -0.504 e. The van der Waals surface area contributed by atoms with Gasteiger partial charge in [-0.15, -0.1) is 0 Å². The summed E-state index contributed by atoms with van der Waals surface area (Å²) in [6.07, 6.45) is 2.85. The maximum absolute atomic E-state index is 9.52. The molecule has 3 nitrogen and oxygen atoms in total. The summed E-state index contributed by atoms with van der Waals surface area (Å²) in [5, 5.41) is 9.52. The number of hydrogen-bond donors (Lipinski definition) is 1. The van der Waals surface area contributed by atoms with Crippen molar-refractivity contribution in [1.29, 1.82) is 0 Å². The Morgan fingerprint density at radius 2 is 2.31 bits per heavy atom. The van der Waals surface area contributed by atoms with Crippen LogP contribution in [0.5, 0.6) is 5.75 Å². The number of pyridine rings is 1. The highest BCUT2D eigenvalue weighted by Gasteiger charge is 2.08. The third-order valence-corrected chi connectivity index (χ3v) is 2.26. The minimum absolute atomic E-state index is 0.241. The molecular formula is C10H12N2O. The molecule has 0 saturated carbocycles. The Balaban J connectivity index is 2.86. The smallest absolute Gasteiger partial charge is 0.179 e. The molecule has 13 heavy (non-hydrogen) atoms. The standard InChI is InChI=1S/C10H12N2O/c1-3-8-7(2)11-10-9(13)5-4-6-12(8)10/h4-6,13H,3H2,1-2H3. The lowest BCUT2D eigenvalue weighted by Crippen LogP contribution is -1.91. The lowest BCUT2D eigenvalue weighted by molar-refractivity contribution is 0.477. The lowest BCUT2D eigenvalue weighted by atomic mass is 10.3. The van der Waals surface area contributed by atoms with Crippen LogP contribution < -0.4 is 0 Å². The molecular weight excluding hydrogens is 164 g/mol. The fourth-order valence-electron chi connectivity index (χ4n) is 1.64. The summed E-state index contributed by atoms with van der Waals surface area (Å²) in [4.78, 5) is 4.30. The predicted octanol–water partition coefficient (Wildman–Crippen LogP) is 1.91. The van der Waals surface area contributed by atoms with Gasteiger partial charge in [0.15, 0.2) is 11.4 Å². The number of aromatic nitrogens is 2. The van der Waals surface area contributed by atoms with Crippen molar-refractivity contribution in [3.63, 3.8) is 0 Å². The number of imidazole rings is 1. The molecule has 0 fully saturated rings. The van der Waals surface area contributed by atoms with Crippen LogP contribution in [0.4, 0.5) is 0 Å². The van der Waals surface area contributed by atoms with Crippen LogP contribution in [0, 0.1) is 6.92 Å². The molecule has 0 saturated heterocycles. The first-order chi connectivity index (χ1) is 6.24. The number of rotatable bonds is 1. The quantitative estimate of drug-likeness (QED) is 0.720. The maximum atomic E-state index is 9.52. The molecule has 0 aliphatic carbocycles. The highest BCUT2D eigenvalue weighted by molar-refractivity contribution is 5.54. The van der Waals surface area contributed by atoms with Crippen LogP contribution in [-0.4, -0.2) is 14.5 Å². The van der Waals surface area contributed by atoms with Gasteiger partial charge in [0, 0.05) is 11.9 Å². The second-order valence-electron chi connectivity index (χ2n) is 3.08. The molecule has 3 heteroatoms. The fourth-order valence-corrected chi connectivity index (χ4v) is 1.64. The summed E-state index contributed by atoms with van der Waals surface area (Å²) in [6, 6.07) is 3.48. The van der Waals surface area contributed by atoms with Crippen LogP contribution >= 0.6 is 0 Å². The zero-order valence-corrected chi connectivity index (χ0v) is 7.78. The predicted molar refractivity (Wildman–Crippen MR) is 51.0 cm³/mol. The van der Waals surface area contributed by atoms with E-state index in [0.717, 1.165) is 17.8 Å². The van der Waals surface area contributed by atoms with E-state index in [0.29, 0.717) is 5.65 Å². The van der Waals surface area contributed by atoms with E-state index >= 15 is 0 Å². The van der Waals surface area contributed by atoms with Crippen molar-refractivity contribution in [2.75, 3.05) is 0 Å². The Kier molecular flexibility index (Phi) is 1.72. The van der Waals surface area contributed by atoms with E-state index in [1.807, 2.05) is 23.6 Å². The summed E-state index contributed by atoms with van der Waals surface area (Å²) in [7, 11) is 0. The van der Waals surface area contributed by atoms with Gasteiger partial charge < -0.3 is 9.51 Å². The molecule has 2 heterocycles. The van der Waals surface area contributed by atoms with Crippen molar-refractivity contribution < 1.29 is 5.11 Å². The monoisotopic (exact) mass is 176 g/mol. The molecule has 0 amide bonds. The number of aromatic hydroxyl groups is 1. The summed E-state index contributed by atoms with van der Waals surface area (Å²) in [5.41, 5.74) is 2.80. The topological polar surface area (TPSA) is 37.5 Å². The van der Waals surface area contributed by atoms with Crippen LogP contribution in [0.2, 0.25) is 0 Å². The first-order valence-electron chi connectivity index (χ1n) is 4.39. The van der Waals surface area contributed by atoms with E-state index in [4.69, 9.17) is 0 Å². The molecule has 0 atom stereocenters. The molecule has 2 rings (SSSR count). The van der Waals surface area contributed by atoms with Gasteiger partial charge in [0.1, 0.15) is 0 Å². The van der Waals surface area contributed by atoms with Crippen molar-refractivity contribution >= 4 is 5.65 Å². The number of aryl methyl sites for hydroxylation is 2. The van der Waals surface area contributed by atoms with Crippen molar-refractivity contribution in [2.45, 2.75) is 20.3 Å². The van der Waals surface area contributed by atoms with Crippen molar-refractivity contribution in [2.24, 2.45) is 0 Å². The van der Waals surface area contributed by atoms with E-state index in [9.17, 15) is 5.11 Å². The highest BCUT2D eigenvalue weighted by atomic mass is 16.3. The molecule has 0 bridgehead atoms. The molecule has 1 N–H and O–H groups in total. The van der Waals surface area contributed by atoms with Gasteiger partial charge in [-0.2, -0.15) is 0 Å². The summed E-state index contributed by atoms with van der Waals surface area (Å²) < 4.78 is 1.94. The van der Waals surface area contributed by atoms with Gasteiger partial charge in [0.2, 0.25) is 0 Å². The van der Waals surface area contributed by atoms with Gasteiger partial charge >= 0.3 is 0 Å². The average molecular weight is 176 g/mol.